The maximum atomic E-state index is 13.2. The van der Waals surface area contributed by atoms with Crippen LogP contribution in [0.15, 0.2) is 48.5 Å². The summed E-state index contributed by atoms with van der Waals surface area (Å²) in [7, 11) is 0. The molecule has 3 rings (SSSR count). The number of aromatic nitrogens is 1. The fourth-order valence-corrected chi connectivity index (χ4v) is 2.11. The first-order chi connectivity index (χ1) is 9.43. The fraction of sp³-hybridized carbons (Fsp3) is 0.0667. The van der Waals surface area contributed by atoms with E-state index >= 15 is 0 Å². The summed E-state index contributed by atoms with van der Waals surface area (Å²) in [4.78, 5) is 2.88. The number of hydrogen-bond acceptors (Lipinski definition) is 0. The van der Waals surface area contributed by atoms with Crippen molar-refractivity contribution in [3.63, 3.8) is 0 Å². The largest absolute Gasteiger partial charge is 0.416 e. The maximum Gasteiger partial charge on any atom is 0.416 e. The molecular weight excluding hydrogens is 270 g/mol. The lowest BCUT2D eigenvalue weighted by Gasteiger charge is -2.05. The van der Waals surface area contributed by atoms with E-state index in [9.17, 15) is 17.6 Å². The van der Waals surface area contributed by atoms with E-state index in [4.69, 9.17) is 0 Å². The van der Waals surface area contributed by atoms with E-state index in [1.165, 1.54) is 18.2 Å². The second-order valence-electron chi connectivity index (χ2n) is 4.49. The summed E-state index contributed by atoms with van der Waals surface area (Å²) >= 11 is 0. The molecule has 1 aromatic heterocycles. The number of H-pyrrole nitrogens is 1. The van der Waals surface area contributed by atoms with Crippen molar-refractivity contribution >= 4 is 10.9 Å². The Bertz CT molecular complexity index is 771. The van der Waals surface area contributed by atoms with Gasteiger partial charge in [0.1, 0.15) is 5.82 Å². The van der Waals surface area contributed by atoms with Crippen molar-refractivity contribution in [3.8, 4) is 11.3 Å². The molecular formula is C15H9F4N. The number of rotatable bonds is 1. The Hall–Kier alpha value is -2.30. The maximum absolute atomic E-state index is 13.2. The van der Waals surface area contributed by atoms with Gasteiger partial charge in [-0.25, -0.2) is 4.39 Å². The molecule has 3 aromatic rings. The lowest BCUT2D eigenvalue weighted by Crippen LogP contribution is -2.03. The van der Waals surface area contributed by atoms with E-state index in [2.05, 4.69) is 4.98 Å². The fourth-order valence-electron chi connectivity index (χ4n) is 2.11. The minimum Gasteiger partial charge on any atom is -0.355 e. The van der Waals surface area contributed by atoms with Crippen molar-refractivity contribution < 1.29 is 17.6 Å². The van der Waals surface area contributed by atoms with Gasteiger partial charge < -0.3 is 4.98 Å². The number of fused-ring (bicyclic) bond motifs is 1. The highest BCUT2D eigenvalue weighted by Gasteiger charge is 2.30. The van der Waals surface area contributed by atoms with Gasteiger partial charge in [0, 0.05) is 22.2 Å². The number of halogens is 4. The molecule has 102 valence electrons. The molecule has 0 bridgehead atoms. The first-order valence-electron chi connectivity index (χ1n) is 5.89. The Balaban J connectivity index is 2.11. The molecule has 0 fully saturated rings. The first-order valence-corrected chi connectivity index (χ1v) is 5.89. The Morgan fingerprint density at radius 3 is 2.40 bits per heavy atom. The van der Waals surface area contributed by atoms with Crippen molar-refractivity contribution in [2.45, 2.75) is 6.18 Å². The zero-order valence-corrected chi connectivity index (χ0v) is 10.1. The van der Waals surface area contributed by atoms with Crippen LogP contribution in [0.2, 0.25) is 0 Å². The molecule has 0 amide bonds. The molecule has 2 aromatic carbocycles. The number of benzene rings is 2. The molecule has 0 aliphatic rings. The summed E-state index contributed by atoms with van der Waals surface area (Å²) < 4.78 is 51.1. The summed E-state index contributed by atoms with van der Waals surface area (Å²) in [5.41, 5.74) is 0.838. The molecule has 0 atom stereocenters. The average Bonchev–Trinajstić information content (AvgIpc) is 2.80. The first kappa shape index (κ1) is 12.7. The lowest BCUT2D eigenvalue weighted by molar-refractivity contribution is -0.137. The van der Waals surface area contributed by atoms with Crippen molar-refractivity contribution in [2.24, 2.45) is 0 Å². The molecule has 0 unspecified atom stereocenters. The minimum atomic E-state index is -4.38. The quantitative estimate of drug-likeness (QED) is 0.604. The molecule has 0 aliphatic carbocycles. The van der Waals surface area contributed by atoms with Gasteiger partial charge in [-0.2, -0.15) is 13.2 Å². The van der Waals surface area contributed by atoms with Gasteiger partial charge in [-0.15, -0.1) is 0 Å². The van der Waals surface area contributed by atoms with Crippen LogP contribution in [0.3, 0.4) is 0 Å². The summed E-state index contributed by atoms with van der Waals surface area (Å²) in [6.07, 6.45) is -4.38. The molecule has 1 N–H and O–H groups in total. The Morgan fingerprint density at radius 1 is 0.900 bits per heavy atom. The smallest absolute Gasteiger partial charge is 0.355 e. The van der Waals surface area contributed by atoms with Gasteiger partial charge in [0.25, 0.3) is 0 Å². The Morgan fingerprint density at radius 2 is 1.70 bits per heavy atom. The van der Waals surface area contributed by atoms with Gasteiger partial charge in [-0.05, 0) is 30.3 Å². The van der Waals surface area contributed by atoms with Crippen LogP contribution in [0, 0.1) is 5.82 Å². The van der Waals surface area contributed by atoms with Crippen LogP contribution < -0.4 is 0 Å². The third-order valence-electron chi connectivity index (χ3n) is 3.09. The highest BCUT2D eigenvalue weighted by atomic mass is 19.4. The molecule has 5 heteroatoms. The summed E-state index contributed by atoms with van der Waals surface area (Å²) in [6, 6.07) is 11.1. The summed E-state index contributed by atoms with van der Waals surface area (Å²) in [5.74, 6) is -0.392. The second-order valence-corrected chi connectivity index (χ2v) is 4.49. The predicted molar refractivity (Wildman–Crippen MR) is 68.7 cm³/mol. The molecule has 20 heavy (non-hydrogen) atoms. The minimum absolute atomic E-state index is 0.374. The van der Waals surface area contributed by atoms with Crippen molar-refractivity contribution in [1.29, 1.82) is 0 Å². The van der Waals surface area contributed by atoms with Crippen LogP contribution >= 0.6 is 0 Å². The summed E-state index contributed by atoms with van der Waals surface area (Å²) in [5, 5.41) is 0.650. The SMILES string of the molecule is Fc1cccc(-c2cc3ccc(C(F)(F)F)cc3[nH]2)c1. The third kappa shape index (κ3) is 2.27. The molecule has 0 saturated carbocycles. The van der Waals surface area contributed by atoms with E-state index in [0.717, 1.165) is 12.1 Å². The molecule has 0 radical (unpaired) electrons. The molecule has 0 saturated heterocycles. The normalized spacial score (nSPS) is 12.0. The van der Waals surface area contributed by atoms with Gasteiger partial charge in [-0.1, -0.05) is 18.2 Å². The number of nitrogens with one attached hydrogen (secondary N) is 1. The van der Waals surface area contributed by atoms with Gasteiger partial charge in [-0.3, -0.25) is 0 Å². The van der Waals surface area contributed by atoms with Crippen molar-refractivity contribution in [3.05, 3.63) is 59.9 Å². The number of hydrogen-bond donors (Lipinski definition) is 1. The van der Waals surface area contributed by atoms with Gasteiger partial charge in [0.2, 0.25) is 0 Å². The highest BCUT2D eigenvalue weighted by molar-refractivity contribution is 5.86. The van der Waals surface area contributed by atoms with Crippen LogP contribution in [-0.4, -0.2) is 4.98 Å². The van der Waals surface area contributed by atoms with Gasteiger partial charge in [0.15, 0.2) is 0 Å². The van der Waals surface area contributed by atoms with Crippen LogP contribution in [0.4, 0.5) is 17.6 Å². The average molecular weight is 279 g/mol. The standard InChI is InChI=1S/C15H9F4N/c16-12-3-1-2-9(6-12)13-7-10-4-5-11(15(17,18)19)8-14(10)20-13/h1-8,20H. The zero-order valence-electron chi connectivity index (χ0n) is 10.1. The highest BCUT2D eigenvalue weighted by Crippen LogP contribution is 2.32. The van der Waals surface area contributed by atoms with Gasteiger partial charge >= 0.3 is 6.18 Å². The van der Waals surface area contributed by atoms with E-state index in [1.807, 2.05) is 0 Å². The lowest BCUT2D eigenvalue weighted by atomic mass is 10.1. The number of aromatic amines is 1. The molecule has 0 aliphatic heterocycles. The van der Waals surface area contributed by atoms with Crippen LogP contribution in [0.25, 0.3) is 22.2 Å². The number of alkyl halides is 3. The Labute approximate surface area is 111 Å². The van der Waals surface area contributed by atoms with Crippen molar-refractivity contribution in [1.82, 2.24) is 4.98 Å². The van der Waals surface area contributed by atoms with Crippen LogP contribution in [0.1, 0.15) is 5.56 Å². The van der Waals surface area contributed by atoms with Crippen LogP contribution in [0.5, 0.6) is 0 Å². The third-order valence-corrected chi connectivity index (χ3v) is 3.09. The predicted octanol–water partition coefficient (Wildman–Crippen LogP) is 4.99. The zero-order chi connectivity index (χ0) is 14.3. The van der Waals surface area contributed by atoms with Crippen molar-refractivity contribution in [2.75, 3.05) is 0 Å². The van der Waals surface area contributed by atoms with E-state index in [0.29, 0.717) is 22.2 Å². The van der Waals surface area contributed by atoms with E-state index in [1.54, 1.807) is 18.2 Å². The molecule has 1 nitrogen and oxygen atoms in total. The van der Waals surface area contributed by atoms with E-state index in [-0.39, 0.29) is 0 Å². The Kier molecular flexibility index (Phi) is 2.78. The molecule has 1 heterocycles. The topological polar surface area (TPSA) is 15.8 Å². The van der Waals surface area contributed by atoms with Crippen LogP contribution in [-0.2, 0) is 6.18 Å². The summed E-state index contributed by atoms with van der Waals surface area (Å²) in [6.45, 7) is 0. The monoisotopic (exact) mass is 279 g/mol. The van der Waals surface area contributed by atoms with Gasteiger partial charge in [0.05, 0.1) is 5.56 Å². The second kappa shape index (κ2) is 4.37. The molecule has 0 spiro atoms. The van der Waals surface area contributed by atoms with E-state index < -0.39 is 17.6 Å².